The molecule has 5 heteroatoms. The van der Waals surface area contributed by atoms with E-state index in [4.69, 9.17) is 0 Å². The van der Waals surface area contributed by atoms with Gasteiger partial charge >= 0.3 is 0 Å². The number of hydrogen-bond donors (Lipinski definition) is 0. The maximum absolute atomic E-state index is 11.6. The van der Waals surface area contributed by atoms with Gasteiger partial charge in [0, 0.05) is 32.2 Å². The fraction of sp³-hybridized carbons (Fsp3) is 0.231. The lowest BCUT2D eigenvalue weighted by Crippen LogP contribution is -2.16. The van der Waals surface area contributed by atoms with E-state index in [1.165, 1.54) is 11.8 Å². The minimum atomic E-state index is 0.0652. The monoisotopic (exact) mass is 261 g/mol. The van der Waals surface area contributed by atoms with Crippen molar-refractivity contribution >= 4 is 17.0 Å². The highest BCUT2D eigenvalue weighted by Gasteiger charge is 2.08. The molecule has 0 aliphatic carbocycles. The summed E-state index contributed by atoms with van der Waals surface area (Å²) in [4.78, 5) is 17.2. The van der Waals surface area contributed by atoms with Crippen LogP contribution in [-0.4, -0.2) is 33.8 Å². The first-order valence-electron chi connectivity index (χ1n) is 5.59. The van der Waals surface area contributed by atoms with E-state index in [2.05, 4.69) is 4.98 Å². The molecule has 1 aromatic heterocycles. The van der Waals surface area contributed by atoms with Crippen LogP contribution in [0.4, 0.5) is 4.79 Å². The average Bonchev–Trinajstić information content (AvgIpc) is 2.89. The van der Waals surface area contributed by atoms with Gasteiger partial charge in [-0.2, -0.15) is 0 Å². The van der Waals surface area contributed by atoms with Crippen LogP contribution in [0.1, 0.15) is 5.56 Å². The zero-order valence-corrected chi connectivity index (χ0v) is 11.2. The third-order valence-electron chi connectivity index (χ3n) is 2.49. The Kier molecular flexibility index (Phi) is 4.04. The molecule has 0 bridgehead atoms. The van der Waals surface area contributed by atoms with Gasteiger partial charge in [-0.1, -0.05) is 30.0 Å². The Balaban J connectivity index is 2.16. The highest BCUT2D eigenvalue weighted by Crippen LogP contribution is 2.21. The number of rotatable bonds is 3. The second-order valence-electron chi connectivity index (χ2n) is 4.05. The molecule has 0 unspecified atom stereocenters. The van der Waals surface area contributed by atoms with E-state index in [1.54, 1.807) is 31.5 Å². The van der Waals surface area contributed by atoms with Gasteiger partial charge in [-0.25, -0.2) is 4.98 Å². The molecule has 0 aliphatic heterocycles. The van der Waals surface area contributed by atoms with Crippen LogP contribution in [0.25, 0.3) is 5.69 Å². The second kappa shape index (κ2) is 5.73. The molecule has 2 rings (SSSR count). The van der Waals surface area contributed by atoms with Gasteiger partial charge in [0.15, 0.2) is 0 Å². The van der Waals surface area contributed by atoms with E-state index in [0.29, 0.717) is 5.75 Å². The average molecular weight is 261 g/mol. The van der Waals surface area contributed by atoms with Crippen LogP contribution in [0, 0.1) is 0 Å². The first-order chi connectivity index (χ1) is 8.68. The molecule has 0 saturated heterocycles. The first-order valence-corrected chi connectivity index (χ1v) is 6.57. The molecule has 2 aromatic rings. The van der Waals surface area contributed by atoms with E-state index in [9.17, 15) is 4.79 Å². The lowest BCUT2D eigenvalue weighted by atomic mass is 10.2. The number of hydrogen-bond acceptors (Lipinski definition) is 3. The van der Waals surface area contributed by atoms with Crippen molar-refractivity contribution in [1.29, 1.82) is 0 Å². The molecule has 0 spiro atoms. The Morgan fingerprint density at radius 2 is 2.17 bits per heavy atom. The zero-order chi connectivity index (χ0) is 13.0. The van der Waals surface area contributed by atoms with E-state index >= 15 is 0 Å². The van der Waals surface area contributed by atoms with Crippen molar-refractivity contribution in [3.8, 4) is 5.69 Å². The Labute approximate surface area is 111 Å². The van der Waals surface area contributed by atoms with Crippen molar-refractivity contribution in [2.45, 2.75) is 5.75 Å². The normalized spacial score (nSPS) is 10.3. The van der Waals surface area contributed by atoms with E-state index < -0.39 is 0 Å². The van der Waals surface area contributed by atoms with Crippen LogP contribution in [0.15, 0.2) is 43.0 Å². The molecule has 0 N–H and O–H groups in total. The molecular weight excluding hydrogens is 246 g/mol. The van der Waals surface area contributed by atoms with Crippen LogP contribution in [0.3, 0.4) is 0 Å². The number of amides is 1. The molecule has 0 fully saturated rings. The van der Waals surface area contributed by atoms with Crippen LogP contribution in [-0.2, 0) is 5.75 Å². The Bertz CT molecular complexity index is 523. The Morgan fingerprint density at radius 1 is 1.39 bits per heavy atom. The third kappa shape index (κ3) is 2.92. The predicted octanol–water partition coefficient (Wildman–Crippen LogP) is 2.79. The lowest BCUT2D eigenvalue weighted by molar-refractivity contribution is 0.241. The number of imidazole rings is 1. The van der Waals surface area contributed by atoms with Crippen molar-refractivity contribution in [3.05, 3.63) is 48.5 Å². The molecule has 18 heavy (non-hydrogen) atoms. The van der Waals surface area contributed by atoms with Crippen molar-refractivity contribution in [1.82, 2.24) is 14.5 Å². The number of carbonyl (C=O) groups excluding carboxylic acids is 1. The fourth-order valence-corrected chi connectivity index (χ4v) is 2.34. The van der Waals surface area contributed by atoms with Crippen LogP contribution < -0.4 is 0 Å². The van der Waals surface area contributed by atoms with Crippen molar-refractivity contribution in [3.63, 3.8) is 0 Å². The van der Waals surface area contributed by atoms with Gasteiger partial charge in [-0.05, 0) is 11.6 Å². The zero-order valence-electron chi connectivity index (χ0n) is 10.4. The smallest absolute Gasteiger partial charge is 0.281 e. The maximum Gasteiger partial charge on any atom is 0.281 e. The topological polar surface area (TPSA) is 38.1 Å². The fourth-order valence-electron chi connectivity index (χ4n) is 1.55. The Morgan fingerprint density at radius 3 is 2.83 bits per heavy atom. The van der Waals surface area contributed by atoms with Crippen LogP contribution in [0.5, 0.6) is 0 Å². The van der Waals surface area contributed by atoms with Gasteiger partial charge in [0.05, 0.1) is 12.0 Å². The highest BCUT2D eigenvalue weighted by atomic mass is 32.2. The summed E-state index contributed by atoms with van der Waals surface area (Å²) in [6, 6.07) is 8.02. The highest BCUT2D eigenvalue weighted by molar-refractivity contribution is 8.12. The minimum absolute atomic E-state index is 0.0652. The third-order valence-corrected chi connectivity index (χ3v) is 3.56. The number of nitrogens with zero attached hydrogens (tertiary/aromatic N) is 3. The van der Waals surface area contributed by atoms with Crippen molar-refractivity contribution in [2.75, 3.05) is 14.1 Å². The van der Waals surface area contributed by atoms with Crippen LogP contribution >= 0.6 is 11.8 Å². The van der Waals surface area contributed by atoms with E-state index in [-0.39, 0.29) is 5.24 Å². The molecule has 0 radical (unpaired) electrons. The van der Waals surface area contributed by atoms with Gasteiger partial charge in [-0.15, -0.1) is 0 Å². The van der Waals surface area contributed by atoms with E-state index in [0.717, 1.165) is 11.3 Å². The summed E-state index contributed by atoms with van der Waals surface area (Å²) < 4.78 is 1.95. The summed E-state index contributed by atoms with van der Waals surface area (Å²) >= 11 is 1.30. The van der Waals surface area contributed by atoms with Gasteiger partial charge in [0.2, 0.25) is 0 Å². The standard InChI is InChI=1S/C13H15N3OS/c1-15(2)13(17)18-9-11-5-3-4-6-12(11)16-8-7-14-10-16/h3-8,10H,9H2,1-2H3. The Hall–Kier alpha value is -1.75. The number of benzene rings is 1. The summed E-state index contributed by atoms with van der Waals surface area (Å²) in [6.45, 7) is 0. The minimum Gasteiger partial charge on any atom is -0.340 e. The molecule has 0 saturated carbocycles. The van der Waals surface area contributed by atoms with Crippen molar-refractivity contribution < 1.29 is 4.79 Å². The molecule has 4 nitrogen and oxygen atoms in total. The molecular formula is C13H15N3OS. The SMILES string of the molecule is CN(C)C(=O)SCc1ccccc1-n1ccnc1. The van der Waals surface area contributed by atoms with Crippen LogP contribution in [0.2, 0.25) is 0 Å². The van der Waals surface area contributed by atoms with E-state index in [1.807, 2.05) is 35.0 Å². The van der Waals surface area contributed by atoms with Gasteiger partial charge in [0.1, 0.15) is 0 Å². The quantitative estimate of drug-likeness (QED) is 0.852. The lowest BCUT2D eigenvalue weighted by Gasteiger charge is -2.12. The molecule has 0 atom stereocenters. The first kappa shape index (κ1) is 12.7. The predicted molar refractivity (Wildman–Crippen MR) is 73.9 cm³/mol. The largest absolute Gasteiger partial charge is 0.340 e. The summed E-state index contributed by atoms with van der Waals surface area (Å²) in [5.74, 6) is 0.658. The molecule has 94 valence electrons. The summed E-state index contributed by atoms with van der Waals surface area (Å²) in [5, 5.41) is 0.0652. The number of para-hydroxylation sites is 1. The summed E-state index contributed by atoms with van der Waals surface area (Å²) in [6.07, 6.45) is 5.41. The van der Waals surface area contributed by atoms with Crippen molar-refractivity contribution in [2.24, 2.45) is 0 Å². The number of aromatic nitrogens is 2. The van der Waals surface area contributed by atoms with Gasteiger partial charge in [-0.3, -0.25) is 4.79 Å². The summed E-state index contributed by atoms with van der Waals surface area (Å²) in [7, 11) is 3.52. The number of thioether (sulfide) groups is 1. The molecule has 1 amide bonds. The molecule has 1 aromatic carbocycles. The second-order valence-corrected chi connectivity index (χ2v) is 4.97. The number of carbonyl (C=O) groups is 1. The maximum atomic E-state index is 11.6. The van der Waals surface area contributed by atoms with Gasteiger partial charge in [0.25, 0.3) is 5.24 Å². The van der Waals surface area contributed by atoms with Gasteiger partial charge < -0.3 is 9.47 Å². The molecule has 0 aliphatic rings. The summed E-state index contributed by atoms with van der Waals surface area (Å²) in [5.41, 5.74) is 2.18. The molecule has 1 heterocycles.